The second-order valence-electron chi connectivity index (χ2n) is 5.05. The number of piperidine rings is 1. The first-order chi connectivity index (χ1) is 9.77. The lowest BCUT2D eigenvalue weighted by Crippen LogP contribution is -2.34. The zero-order valence-corrected chi connectivity index (χ0v) is 12.3. The zero-order chi connectivity index (χ0) is 15.6. The summed E-state index contributed by atoms with van der Waals surface area (Å²) in [6.45, 7) is 2.74. The van der Waals surface area contributed by atoms with E-state index in [2.05, 4.69) is 0 Å². The van der Waals surface area contributed by atoms with E-state index in [1.165, 1.54) is 13.0 Å². The first-order valence-corrected chi connectivity index (χ1v) is 6.97. The van der Waals surface area contributed by atoms with E-state index in [-0.39, 0.29) is 10.9 Å². The molecule has 0 radical (unpaired) electrons. The van der Waals surface area contributed by atoms with Crippen LogP contribution in [0.5, 0.6) is 0 Å². The number of likely N-dealkylation sites (tertiary alicyclic amines) is 1. The van der Waals surface area contributed by atoms with Gasteiger partial charge < -0.3 is 4.90 Å². The van der Waals surface area contributed by atoms with Gasteiger partial charge in [-0.25, -0.2) is 0 Å². The maximum Gasteiger partial charge on any atom is 0.417 e. The molecule has 1 aromatic carbocycles. The summed E-state index contributed by atoms with van der Waals surface area (Å²) in [7, 11) is 0. The summed E-state index contributed by atoms with van der Waals surface area (Å²) in [6, 6.07) is 3.90. The molecule has 1 amide bonds. The third kappa shape index (κ3) is 4.00. The predicted molar refractivity (Wildman–Crippen MR) is 75.9 cm³/mol. The maximum absolute atomic E-state index is 12.8. The largest absolute Gasteiger partial charge is 0.417 e. The van der Waals surface area contributed by atoms with Crippen LogP contribution in [0, 0.1) is 0 Å². The molecule has 0 aromatic heterocycles. The Balaban J connectivity index is 2.17. The lowest BCUT2D eigenvalue weighted by atomic mass is 10.00. The average Bonchev–Trinajstić information content (AvgIpc) is 2.40. The van der Waals surface area contributed by atoms with Gasteiger partial charge in [-0.2, -0.15) is 13.2 Å². The number of rotatable bonds is 1. The van der Waals surface area contributed by atoms with Crippen molar-refractivity contribution in [2.24, 2.45) is 0 Å². The molecule has 6 heteroatoms. The standard InChI is InChI=1S/C15H15ClF3NO/c1-10(21)20-6-4-11(5-7-20)8-12-2-3-14(16)13(9-12)15(17,18)19/h2-3,8-9H,4-7H2,1H3. The van der Waals surface area contributed by atoms with Gasteiger partial charge in [0.25, 0.3) is 0 Å². The smallest absolute Gasteiger partial charge is 0.342 e. The van der Waals surface area contributed by atoms with Crippen LogP contribution in [0.3, 0.4) is 0 Å². The van der Waals surface area contributed by atoms with Gasteiger partial charge in [-0.05, 0) is 30.5 Å². The molecule has 1 aliphatic heterocycles. The number of alkyl halides is 3. The second-order valence-corrected chi connectivity index (χ2v) is 5.45. The third-order valence-electron chi connectivity index (χ3n) is 3.52. The molecule has 0 N–H and O–H groups in total. The minimum absolute atomic E-state index is 0.0277. The molecule has 2 rings (SSSR count). The van der Waals surface area contributed by atoms with Crippen molar-refractivity contribution in [1.82, 2.24) is 4.90 Å². The number of nitrogens with zero attached hydrogens (tertiary/aromatic N) is 1. The molecule has 0 spiro atoms. The van der Waals surface area contributed by atoms with Gasteiger partial charge in [0.2, 0.25) is 5.91 Å². The van der Waals surface area contributed by atoms with Crippen molar-refractivity contribution in [2.45, 2.75) is 25.9 Å². The molecule has 1 aromatic rings. The van der Waals surface area contributed by atoms with E-state index in [4.69, 9.17) is 11.6 Å². The quantitative estimate of drug-likeness (QED) is 0.752. The van der Waals surface area contributed by atoms with Crippen LogP contribution in [0.15, 0.2) is 23.8 Å². The summed E-state index contributed by atoms with van der Waals surface area (Å²) < 4.78 is 38.4. The monoisotopic (exact) mass is 317 g/mol. The van der Waals surface area contributed by atoms with Gasteiger partial charge in [0.1, 0.15) is 0 Å². The van der Waals surface area contributed by atoms with Crippen molar-refractivity contribution in [3.8, 4) is 0 Å². The van der Waals surface area contributed by atoms with Crippen molar-refractivity contribution in [3.05, 3.63) is 39.9 Å². The van der Waals surface area contributed by atoms with E-state index < -0.39 is 11.7 Å². The number of carbonyl (C=O) groups is 1. The van der Waals surface area contributed by atoms with Crippen LogP contribution in [-0.2, 0) is 11.0 Å². The first kappa shape index (κ1) is 15.9. The van der Waals surface area contributed by atoms with E-state index in [0.29, 0.717) is 31.5 Å². The van der Waals surface area contributed by atoms with Gasteiger partial charge in [0.15, 0.2) is 0 Å². The summed E-state index contributed by atoms with van der Waals surface area (Å²) in [5.74, 6) is 0.0277. The number of amides is 1. The Morgan fingerprint density at radius 3 is 2.43 bits per heavy atom. The van der Waals surface area contributed by atoms with Crippen molar-refractivity contribution < 1.29 is 18.0 Å². The molecular formula is C15H15ClF3NO. The highest BCUT2D eigenvalue weighted by molar-refractivity contribution is 6.31. The molecule has 2 nitrogen and oxygen atoms in total. The molecule has 114 valence electrons. The van der Waals surface area contributed by atoms with Crippen LogP contribution in [0.25, 0.3) is 6.08 Å². The van der Waals surface area contributed by atoms with Crippen LogP contribution < -0.4 is 0 Å². The minimum atomic E-state index is -4.45. The van der Waals surface area contributed by atoms with E-state index in [0.717, 1.165) is 11.6 Å². The van der Waals surface area contributed by atoms with Crippen LogP contribution in [0.4, 0.5) is 13.2 Å². The van der Waals surface area contributed by atoms with Crippen LogP contribution >= 0.6 is 11.6 Å². The van der Waals surface area contributed by atoms with E-state index in [1.54, 1.807) is 17.0 Å². The summed E-state index contributed by atoms with van der Waals surface area (Å²) in [5.41, 5.74) is 0.709. The molecule has 1 heterocycles. The van der Waals surface area contributed by atoms with Crippen LogP contribution in [0.2, 0.25) is 5.02 Å². The SMILES string of the molecule is CC(=O)N1CCC(=Cc2ccc(Cl)c(C(F)(F)F)c2)CC1. The zero-order valence-electron chi connectivity index (χ0n) is 11.5. The van der Waals surface area contributed by atoms with Gasteiger partial charge >= 0.3 is 6.18 Å². The van der Waals surface area contributed by atoms with Gasteiger partial charge in [0.05, 0.1) is 10.6 Å². The molecule has 0 unspecified atom stereocenters. The van der Waals surface area contributed by atoms with E-state index >= 15 is 0 Å². The molecular weight excluding hydrogens is 303 g/mol. The molecule has 1 fully saturated rings. The van der Waals surface area contributed by atoms with Crippen LogP contribution in [0.1, 0.15) is 30.9 Å². The first-order valence-electron chi connectivity index (χ1n) is 6.59. The van der Waals surface area contributed by atoms with Crippen molar-refractivity contribution in [2.75, 3.05) is 13.1 Å². The summed E-state index contributed by atoms with van der Waals surface area (Å²) >= 11 is 5.59. The van der Waals surface area contributed by atoms with Gasteiger partial charge in [-0.3, -0.25) is 4.79 Å². The maximum atomic E-state index is 12.8. The Morgan fingerprint density at radius 2 is 1.90 bits per heavy atom. The van der Waals surface area contributed by atoms with Crippen molar-refractivity contribution >= 4 is 23.6 Å². The van der Waals surface area contributed by atoms with E-state index in [9.17, 15) is 18.0 Å². The van der Waals surface area contributed by atoms with Gasteiger partial charge in [0, 0.05) is 20.0 Å². The predicted octanol–water partition coefficient (Wildman–Crippen LogP) is 4.38. The van der Waals surface area contributed by atoms with E-state index in [1.807, 2.05) is 0 Å². The molecule has 0 bridgehead atoms. The minimum Gasteiger partial charge on any atom is -0.342 e. The Hall–Kier alpha value is -1.49. The van der Waals surface area contributed by atoms with Crippen molar-refractivity contribution in [3.63, 3.8) is 0 Å². The highest BCUT2D eigenvalue weighted by atomic mass is 35.5. The molecule has 0 atom stereocenters. The molecule has 21 heavy (non-hydrogen) atoms. The Morgan fingerprint density at radius 1 is 1.29 bits per heavy atom. The van der Waals surface area contributed by atoms with Crippen LogP contribution in [-0.4, -0.2) is 23.9 Å². The number of carbonyl (C=O) groups excluding carboxylic acids is 1. The number of hydrogen-bond acceptors (Lipinski definition) is 1. The number of hydrogen-bond donors (Lipinski definition) is 0. The Bertz CT molecular complexity index is 571. The average molecular weight is 318 g/mol. The van der Waals surface area contributed by atoms with Gasteiger partial charge in [-0.15, -0.1) is 0 Å². The fourth-order valence-corrected chi connectivity index (χ4v) is 2.56. The van der Waals surface area contributed by atoms with Crippen molar-refractivity contribution in [1.29, 1.82) is 0 Å². The molecule has 1 aliphatic rings. The number of benzene rings is 1. The second kappa shape index (κ2) is 6.10. The highest BCUT2D eigenvalue weighted by Crippen LogP contribution is 2.35. The highest BCUT2D eigenvalue weighted by Gasteiger charge is 2.33. The lowest BCUT2D eigenvalue weighted by molar-refractivity contribution is -0.137. The Labute approximate surface area is 126 Å². The van der Waals surface area contributed by atoms with Gasteiger partial charge in [-0.1, -0.05) is 29.3 Å². The lowest BCUT2D eigenvalue weighted by Gasteiger charge is -2.27. The summed E-state index contributed by atoms with van der Waals surface area (Å²) in [6.07, 6.45) is -1.33. The Kier molecular flexibility index (Phi) is 4.61. The fourth-order valence-electron chi connectivity index (χ4n) is 2.34. The molecule has 1 saturated heterocycles. The molecule has 0 aliphatic carbocycles. The number of halogens is 4. The molecule has 0 saturated carbocycles. The summed E-state index contributed by atoms with van der Waals surface area (Å²) in [4.78, 5) is 13.0. The topological polar surface area (TPSA) is 20.3 Å². The third-order valence-corrected chi connectivity index (χ3v) is 3.85. The normalized spacial score (nSPS) is 16.0. The fraction of sp³-hybridized carbons (Fsp3) is 0.400. The summed E-state index contributed by atoms with van der Waals surface area (Å²) in [5, 5.41) is -0.295.